The number of thiophene rings is 1. The van der Waals surface area contributed by atoms with Crippen LogP contribution in [0.4, 0.5) is 17.2 Å². The summed E-state index contributed by atoms with van der Waals surface area (Å²) in [4.78, 5) is 21.2. The van der Waals surface area contributed by atoms with E-state index in [4.69, 9.17) is 16.0 Å². The monoisotopic (exact) mass is 435 g/mol. The second-order valence-corrected chi connectivity index (χ2v) is 7.98. The first-order valence-corrected chi connectivity index (χ1v) is 9.87. The van der Waals surface area contributed by atoms with Crippen LogP contribution in [-0.2, 0) is 7.05 Å². The number of fused-ring (bicyclic) bond motifs is 1. The summed E-state index contributed by atoms with van der Waals surface area (Å²) in [6.45, 7) is 3.81. The van der Waals surface area contributed by atoms with Crippen LogP contribution in [0, 0.1) is 25.2 Å². The molecule has 0 aliphatic carbocycles. The molecule has 31 heavy (non-hydrogen) atoms. The molecule has 0 spiro atoms. The fourth-order valence-corrected chi connectivity index (χ4v) is 4.38. The van der Waals surface area contributed by atoms with Gasteiger partial charge in [0.1, 0.15) is 22.3 Å². The maximum Gasteiger partial charge on any atom is 0.435 e. The molecule has 10 nitrogen and oxygen atoms in total. The molecule has 5 N–H and O–H groups in total. The highest BCUT2D eigenvalue weighted by atomic mass is 32.1. The Labute approximate surface area is 179 Å². The molecular weight excluding hydrogens is 418 g/mol. The van der Waals surface area contributed by atoms with Crippen molar-refractivity contribution in [2.45, 2.75) is 13.8 Å². The fourth-order valence-electron chi connectivity index (χ4n) is 3.38. The number of hydrogen-bond acceptors (Lipinski definition) is 9. The van der Waals surface area contributed by atoms with Gasteiger partial charge in [-0.2, -0.15) is 5.26 Å². The molecule has 0 atom stereocenters. The number of pyridine rings is 1. The molecule has 0 aliphatic heterocycles. The normalized spacial score (nSPS) is 11.7. The molecule has 0 aliphatic rings. The lowest BCUT2D eigenvalue weighted by Crippen LogP contribution is -2.34. The number of H-pyrrole nitrogens is 1. The molecule has 0 saturated heterocycles. The number of aromatic amines is 1. The van der Waals surface area contributed by atoms with E-state index >= 15 is 0 Å². The molecule has 0 saturated carbocycles. The van der Waals surface area contributed by atoms with Crippen molar-refractivity contribution >= 4 is 44.6 Å². The van der Waals surface area contributed by atoms with Crippen molar-refractivity contribution < 1.29 is 14.3 Å². The van der Waals surface area contributed by atoms with E-state index in [-0.39, 0.29) is 38.6 Å². The predicted octanol–water partition coefficient (Wildman–Crippen LogP) is 1.16. The minimum atomic E-state index is -0.718. The van der Waals surface area contributed by atoms with Gasteiger partial charge in [0.05, 0.1) is 27.2 Å². The minimum absolute atomic E-state index is 0.0328. The third-order valence-electron chi connectivity index (χ3n) is 4.83. The third kappa shape index (κ3) is 3.19. The summed E-state index contributed by atoms with van der Waals surface area (Å²) >= 11 is 0.996. The number of nitriles is 1. The first-order chi connectivity index (χ1) is 14.7. The van der Waals surface area contributed by atoms with Crippen molar-refractivity contribution in [2.75, 3.05) is 11.5 Å². The van der Waals surface area contributed by atoms with Crippen molar-refractivity contribution in [1.82, 2.24) is 10.3 Å². The van der Waals surface area contributed by atoms with Gasteiger partial charge in [-0.25, -0.2) is 9.78 Å². The molecule has 4 rings (SSSR count). The molecule has 0 amide bonds. The van der Waals surface area contributed by atoms with E-state index in [0.29, 0.717) is 10.5 Å². The summed E-state index contributed by atoms with van der Waals surface area (Å²) in [5, 5.41) is 25.3. The number of nitrogens with one attached hydrogen (secondary N) is 1. The van der Waals surface area contributed by atoms with Gasteiger partial charge < -0.3 is 16.6 Å². The maximum atomic E-state index is 13.0. The van der Waals surface area contributed by atoms with Crippen LogP contribution in [0.15, 0.2) is 32.5 Å². The number of nitrogen functional groups attached to an aromatic ring is 2. The quantitative estimate of drug-likeness (QED) is 0.246. The Hall–Kier alpha value is -4.17. The Morgan fingerprint density at radius 1 is 1.39 bits per heavy atom. The average molecular weight is 435 g/mol. The van der Waals surface area contributed by atoms with Crippen LogP contribution in [0.25, 0.3) is 21.5 Å². The summed E-state index contributed by atoms with van der Waals surface area (Å²) in [7, 11) is 1.54. The lowest BCUT2D eigenvalue weighted by Gasteiger charge is -2.11. The van der Waals surface area contributed by atoms with Crippen LogP contribution in [0.1, 0.15) is 21.6 Å². The van der Waals surface area contributed by atoms with Crippen LogP contribution in [0.5, 0.6) is 0 Å². The Morgan fingerprint density at radius 2 is 2.13 bits per heavy atom. The number of hydrogen-bond donors (Lipinski definition) is 3. The van der Waals surface area contributed by atoms with Gasteiger partial charge in [0.2, 0.25) is 0 Å². The number of aromatic nitrogens is 3. The molecule has 1 aromatic carbocycles. The van der Waals surface area contributed by atoms with E-state index in [2.05, 4.69) is 15.2 Å². The van der Waals surface area contributed by atoms with E-state index in [0.717, 1.165) is 22.5 Å². The molecule has 3 heterocycles. The van der Waals surface area contributed by atoms with E-state index in [1.54, 1.807) is 6.07 Å². The topological polar surface area (TPSA) is 174 Å². The summed E-state index contributed by atoms with van der Waals surface area (Å²) < 4.78 is 6.12. The summed E-state index contributed by atoms with van der Waals surface area (Å²) in [5.74, 6) is -0.641. The molecule has 156 valence electrons. The van der Waals surface area contributed by atoms with E-state index < -0.39 is 11.5 Å². The van der Waals surface area contributed by atoms with Crippen molar-refractivity contribution in [1.29, 1.82) is 5.26 Å². The first-order valence-electron chi connectivity index (χ1n) is 9.05. The number of nitrogens with zero attached hydrogens (tertiary/aromatic N) is 4. The van der Waals surface area contributed by atoms with Gasteiger partial charge in [0.15, 0.2) is 7.05 Å². The zero-order valence-electron chi connectivity index (χ0n) is 16.8. The molecule has 0 unspecified atom stereocenters. The highest BCUT2D eigenvalue weighted by molar-refractivity contribution is 7.21. The van der Waals surface area contributed by atoms with Crippen molar-refractivity contribution in [3.63, 3.8) is 0 Å². The van der Waals surface area contributed by atoms with Crippen LogP contribution in [0.3, 0.4) is 0 Å². The molecule has 4 aromatic rings. The number of nitrogens with two attached hydrogens (primary N) is 2. The van der Waals surface area contributed by atoms with Crippen LogP contribution >= 0.6 is 11.3 Å². The van der Waals surface area contributed by atoms with Gasteiger partial charge in [-0.15, -0.1) is 11.3 Å². The average Bonchev–Trinajstić information content (AvgIpc) is 3.22. The van der Waals surface area contributed by atoms with Gasteiger partial charge in [-0.3, -0.25) is 9.52 Å². The smallest absolute Gasteiger partial charge is 0.435 e. The Bertz CT molecular complexity index is 1490. The number of aliphatic imine (C=N–C) groups is 1. The Morgan fingerprint density at radius 3 is 2.74 bits per heavy atom. The molecule has 0 bridgehead atoms. The van der Waals surface area contributed by atoms with Crippen LogP contribution < -0.4 is 26.9 Å². The Kier molecular flexibility index (Phi) is 4.71. The standard InChI is InChI=1S/C20H17N7O3S/c1-8-4-5-11(9(2)6-8)24-18(28)16-14(22)13-12(15-20(29)30-26-27(15)3)10(7-21)17(23)25-19(13)31-16/h4-6H,1-3H3,(H5-,22,23,24,25,26,28,29). The number of benzene rings is 1. The van der Waals surface area contributed by atoms with Crippen molar-refractivity contribution in [3.05, 3.63) is 50.2 Å². The van der Waals surface area contributed by atoms with Gasteiger partial charge in [0.25, 0.3) is 0 Å². The zero-order valence-corrected chi connectivity index (χ0v) is 17.6. The van der Waals surface area contributed by atoms with Gasteiger partial charge >= 0.3 is 11.3 Å². The fraction of sp³-hybridized carbons (Fsp3) is 0.150. The lowest BCUT2D eigenvalue weighted by molar-refractivity contribution is -0.730. The lowest BCUT2D eigenvalue weighted by atomic mass is 10.0. The van der Waals surface area contributed by atoms with Gasteiger partial charge in [-0.05, 0) is 30.7 Å². The summed E-state index contributed by atoms with van der Waals surface area (Å²) in [6, 6.07) is 7.50. The number of aryl methyl sites for hydroxylation is 3. The summed E-state index contributed by atoms with van der Waals surface area (Å²) in [6.07, 6.45) is 0. The van der Waals surface area contributed by atoms with Crippen molar-refractivity contribution in [3.8, 4) is 17.3 Å². The number of anilines is 2. The number of rotatable bonds is 3. The van der Waals surface area contributed by atoms with Crippen molar-refractivity contribution in [2.24, 2.45) is 12.0 Å². The van der Waals surface area contributed by atoms with Gasteiger partial charge in [0, 0.05) is 5.90 Å². The summed E-state index contributed by atoms with van der Waals surface area (Å²) in [5.41, 5.74) is 14.2. The van der Waals surface area contributed by atoms with E-state index in [1.165, 1.54) is 11.7 Å². The molecule has 0 fully saturated rings. The van der Waals surface area contributed by atoms with Crippen LogP contribution in [0.2, 0.25) is 0 Å². The largest absolute Gasteiger partial charge is 0.858 e. The van der Waals surface area contributed by atoms with Gasteiger partial charge in [-0.1, -0.05) is 22.4 Å². The third-order valence-corrected chi connectivity index (χ3v) is 5.91. The second-order valence-electron chi connectivity index (χ2n) is 6.98. The maximum absolute atomic E-state index is 13.0. The SMILES string of the molecule is Cc1ccc(N=C([O-])c2sc3nc(N)c(C#N)c(-c4c(=O)o[nH][n+]4C)c3c2N)c(C)c1. The molecule has 0 radical (unpaired) electrons. The van der Waals surface area contributed by atoms with Crippen LogP contribution in [-0.4, -0.2) is 16.2 Å². The Balaban J connectivity index is 2.02. The highest BCUT2D eigenvalue weighted by Crippen LogP contribution is 2.41. The predicted molar refractivity (Wildman–Crippen MR) is 115 cm³/mol. The van der Waals surface area contributed by atoms with E-state index in [9.17, 15) is 15.2 Å². The second kappa shape index (κ2) is 7.26. The molecule has 3 aromatic heterocycles. The minimum Gasteiger partial charge on any atom is -0.858 e. The zero-order chi connectivity index (χ0) is 22.4. The molecule has 11 heteroatoms. The molecular formula is C20H17N7O3S. The first kappa shape index (κ1) is 20.1. The highest BCUT2D eigenvalue weighted by Gasteiger charge is 2.31. The van der Waals surface area contributed by atoms with E-state index in [1.807, 2.05) is 32.0 Å².